The minimum Gasteiger partial charge on any atom is -0.760 e. The predicted octanol–water partition coefficient (Wildman–Crippen LogP) is 3.88. The summed E-state index contributed by atoms with van der Waals surface area (Å²) in [5, 5.41) is 11.8. The van der Waals surface area contributed by atoms with Crippen LogP contribution in [0.15, 0.2) is 60.7 Å². The number of aliphatic hydroxyl groups excluding tert-OH is 1. The lowest BCUT2D eigenvalue weighted by molar-refractivity contribution is 0.127. The maximum atomic E-state index is 13.8. The molecular weight excluding hydrogens is 450 g/mol. The molecule has 0 aliphatic heterocycles. The molecule has 6 nitrogen and oxygen atoms in total. The molecular formula is C24H23F2N2O4S-. The minimum atomic E-state index is -2.55. The van der Waals surface area contributed by atoms with Crippen molar-refractivity contribution in [2.75, 3.05) is 13.7 Å². The van der Waals surface area contributed by atoms with Gasteiger partial charge < -0.3 is 19.0 Å². The van der Waals surface area contributed by atoms with Gasteiger partial charge >= 0.3 is 0 Å². The number of methoxy groups -OCH3 is 1. The zero-order chi connectivity index (χ0) is 23.5. The normalized spacial score (nSPS) is 13.8. The number of aliphatic hydroxyl groups is 1. The first-order chi connectivity index (χ1) is 15.9. The summed E-state index contributed by atoms with van der Waals surface area (Å²) in [5.41, 5.74) is 2.99. The van der Waals surface area contributed by atoms with Crippen molar-refractivity contribution in [3.8, 4) is 0 Å². The first kappa shape index (κ1) is 23.5. The van der Waals surface area contributed by atoms with Crippen molar-refractivity contribution in [1.29, 1.82) is 0 Å². The summed E-state index contributed by atoms with van der Waals surface area (Å²) in [4.78, 5) is 0. The molecule has 2 atom stereocenters. The van der Waals surface area contributed by atoms with Gasteiger partial charge in [0.2, 0.25) is 0 Å². The lowest BCUT2D eigenvalue weighted by atomic mass is 10.1. The molecule has 3 aromatic carbocycles. The number of rotatable bonds is 9. The van der Waals surface area contributed by atoms with Gasteiger partial charge in [0.25, 0.3) is 0 Å². The fraction of sp³-hybridized carbons (Fsp3) is 0.250. The van der Waals surface area contributed by atoms with Crippen LogP contribution < -0.4 is 0 Å². The van der Waals surface area contributed by atoms with Gasteiger partial charge in [-0.1, -0.05) is 24.3 Å². The molecule has 0 amide bonds. The molecule has 4 rings (SSSR count). The number of fused-ring (bicyclic) bond motifs is 3. The van der Waals surface area contributed by atoms with Crippen molar-refractivity contribution >= 4 is 33.1 Å². The van der Waals surface area contributed by atoms with Crippen LogP contribution in [0, 0.1) is 11.6 Å². The van der Waals surface area contributed by atoms with Crippen molar-refractivity contribution in [1.82, 2.24) is 8.87 Å². The molecule has 1 N–H and O–H groups in total. The van der Waals surface area contributed by atoms with Gasteiger partial charge in [-0.2, -0.15) is 0 Å². The summed E-state index contributed by atoms with van der Waals surface area (Å²) >= 11 is -2.55. The standard InChI is InChI=1S/C24H24F2N2O4S/c1-32-15-17-4-2-16(3-5-17)12-27(33(30)31)13-20(29)14-28-23-8-6-18(25)10-21(23)22-11-19(26)7-9-24(22)28/h2-11,20,29H,12-15H2,1H3,(H,30,31)/p-1. The minimum absolute atomic E-state index is 0.0533. The topological polar surface area (TPSA) is 77.8 Å². The Labute approximate surface area is 192 Å². The second-order valence-corrected chi connectivity index (χ2v) is 8.83. The molecule has 0 saturated heterocycles. The Morgan fingerprint density at radius 1 is 1.00 bits per heavy atom. The first-order valence-corrected chi connectivity index (χ1v) is 11.3. The van der Waals surface area contributed by atoms with Crippen LogP contribution >= 0.6 is 0 Å². The lowest BCUT2D eigenvalue weighted by Gasteiger charge is -2.27. The first-order valence-electron chi connectivity index (χ1n) is 10.3. The van der Waals surface area contributed by atoms with Crippen LogP contribution in [-0.4, -0.2) is 42.5 Å². The largest absolute Gasteiger partial charge is 0.760 e. The second kappa shape index (κ2) is 10.1. The van der Waals surface area contributed by atoms with E-state index in [1.807, 2.05) is 24.3 Å². The highest BCUT2D eigenvalue weighted by atomic mass is 32.2. The van der Waals surface area contributed by atoms with Crippen LogP contribution in [0.2, 0.25) is 0 Å². The summed E-state index contributed by atoms with van der Waals surface area (Å²) in [6, 6.07) is 15.7. The Bertz CT molecular complexity index is 1230. The fourth-order valence-corrected chi connectivity index (χ4v) is 4.59. The Morgan fingerprint density at radius 2 is 1.55 bits per heavy atom. The van der Waals surface area contributed by atoms with Gasteiger partial charge in [-0.05, 0) is 47.5 Å². The van der Waals surface area contributed by atoms with E-state index < -0.39 is 29.0 Å². The molecule has 9 heteroatoms. The average molecular weight is 474 g/mol. The van der Waals surface area contributed by atoms with Crippen LogP contribution in [0.5, 0.6) is 0 Å². The summed E-state index contributed by atoms with van der Waals surface area (Å²) < 4.78 is 59.3. The SMILES string of the molecule is COCc1ccc(CN(CC(O)Cn2c3ccc(F)cc3c3cc(F)ccc32)S(=O)[O-])cc1. The van der Waals surface area contributed by atoms with Crippen LogP contribution in [0.4, 0.5) is 8.78 Å². The lowest BCUT2D eigenvalue weighted by Crippen LogP contribution is -2.35. The highest BCUT2D eigenvalue weighted by Gasteiger charge is 2.18. The van der Waals surface area contributed by atoms with E-state index in [0.29, 0.717) is 28.4 Å². The third-order valence-electron chi connectivity index (χ3n) is 5.50. The monoisotopic (exact) mass is 473 g/mol. The molecule has 0 fully saturated rings. The number of aromatic nitrogens is 1. The van der Waals surface area contributed by atoms with Crippen molar-refractivity contribution in [2.24, 2.45) is 0 Å². The molecule has 0 saturated carbocycles. The third kappa shape index (κ3) is 5.29. The number of halogens is 2. The van der Waals surface area contributed by atoms with Crippen LogP contribution in [0.3, 0.4) is 0 Å². The maximum Gasteiger partial charge on any atom is 0.123 e. The fourth-order valence-electron chi connectivity index (χ4n) is 4.04. The smallest absolute Gasteiger partial charge is 0.123 e. The quantitative estimate of drug-likeness (QED) is 0.375. The summed E-state index contributed by atoms with van der Waals surface area (Å²) in [6.07, 6.45) is -1.05. The van der Waals surface area contributed by atoms with E-state index in [2.05, 4.69) is 0 Å². The number of ether oxygens (including phenoxy) is 1. The van der Waals surface area contributed by atoms with E-state index in [-0.39, 0.29) is 19.6 Å². The van der Waals surface area contributed by atoms with Crippen LogP contribution in [0.25, 0.3) is 21.8 Å². The van der Waals surface area contributed by atoms with Crippen LogP contribution in [-0.2, 0) is 35.7 Å². The molecule has 1 heterocycles. The number of hydrogen-bond donors (Lipinski definition) is 1. The number of nitrogens with zero attached hydrogens (tertiary/aromatic N) is 2. The van der Waals surface area contributed by atoms with Crippen molar-refractivity contribution in [3.05, 3.63) is 83.4 Å². The van der Waals surface area contributed by atoms with Gasteiger partial charge in [0.05, 0.1) is 19.3 Å². The molecule has 0 bridgehead atoms. The number of benzene rings is 3. The zero-order valence-electron chi connectivity index (χ0n) is 17.9. The van der Waals surface area contributed by atoms with Crippen molar-refractivity contribution in [3.63, 3.8) is 0 Å². The van der Waals surface area contributed by atoms with Gasteiger partial charge in [-0.15, -0.1) is 0 Å². The highest BCUT2D eigenvalue weighted by Crippen LogP contribution is 2.30. The van der Waals surface area contributed by atoms with Crippen molar-refractivity contribution < 1.29 is 27.4 Å². The second-order valence-electron chi connectivity index (χ2n) is 7.88. The van der Waals surface area contributed by atoms with Gasteiger partial charge in [-0.3, -0.25) is 4.21 Å². The van der Waals surface area contributed by atoms with E-state index in [1.165, 1.54) is 24.3 Å². The molecule has 174 valence electrons. The highest BCUT2D eigenvalue weighted by molar-refractivity contribution is 7.76. The Hall–Kier alpha value is -2.69. The van der Waals surface area contributed by atoms with E-state index in [0.717, 1.165) is 15.4 Å². The van der Waals surface area contributed by atoms with E-state index in [1.54, 1.807) is 23.8 Å². The van der Waals surface area contributed by atoms with Gasteiger partial charge in [0.1, 0.15) is 11.6 Å². The molecule has 4 aromatic rings. The van der Waals surface area contributed by atoms with Crippen LogP contribution in [0.1, 0.15) is 11.1 Å². The Morgan fingerprint density at radius 3 is 2.06 bits per heavy atom. The van der Waals surface area contributed by atoms with E-state index in [9.17, 15) is 22.6 Å². The van der Waals surface area contributed by atoms with E-state index in [4.69, 9.17) is 4.74 Å². The van der Waals surface area contributed by atoms with Gasteiger partial charge in [0.15, 0.2) is 0 Å². The molecule has 0 aliphatic rings. The summed E-state index contributed by atoms with van der Waals surface area (Å²) in [7, 11) is 1.60. The van der Waals surface area contributed by atoms with Crippen molar-refractivity contribution in [2.45, 2.75) is 25.8 Å². The molecule has 0 radical (unpaired) electrons. The summed E-state index contributed by atoms with van der Waals surface area (Å²) in [6.45, 7) is 0.476. The Kier molecular flexibility index (Phi) is 7.16. The maximum absolute atomic E-state index is 13.8. The third-order valence-corrected chi connectivity index (χ3v) is 6.20. The van der Waals surface area contributed by atoms with E-state index >= 15 is 0 Å². The van der Waals surface area contributed by atoms with Gasteiger partial charge in [0, 0.05) is 53.3 Å². The predicted molar refractivity (Wildman–Crippen MR) is 122 cm³/mol. The summed E-state index contributed by atoms with van der Waals surface area (Å²) in [5.74, 6) is -0.897. The average Bonchev–Trinajstić information content (AvgIpc) is 3.06. The number of hydrogen-bond acceptors (Lipinski definition) is 4. The van der Waals surface area contributed by atoms with Gasteiger partial charge in [-0.25, -0.2) is 13.1 Å². The molecule has 1 aromatic heterocycles. The molecule has 0 aliphatic carbocycles. The molecule has 2 unspecified atom stereocenters. The molecule has 33 heavy (non-hydrogen) atoms. The Balaban J connectivity index is 1.56. The zero-order valence-corrected chi connectivity index (χ0v) is 18.7. The molecule has 0 spiro atoms.